The molecule has 4 rings (SSSR count). The van der Waals surface area contributed by atoms with Gasteiger partial charge in [0.1, 0.15) is 11.6 Å². The van der Waals surface area contributed by atoms with Crippen LogP contribution in [0.3, 0.4) is 0 Å². The molecule has 2 aromatic rings. The first-order chi connectivity index (χ1) is 13.5. The molecule has 28 heavy (non-hydrogen) atoms. The van der Waals surface area contributed by atoms with E-state index >= 15 is 0 Å². The molecule has 2 fully saturated rings. The highest BCUT2D eigenvalue weighted by molar-refractivity contribution is 5.95. The summed E-state index contributed by atoms with van der Waals surface area (Å²) in [7, 11) is 0. The zero-order valence-electron chi connectivity index (χ0n) is 16.4. The average molecular weight is 386 g/mol. The second-order valence-electron chi connectivity index (χ2n) is 8.83. The number of carbonyl (C=O) groups is 1. The zero-order chi connectivity index (χ0) is 19.8. The van der Waals surface area contributed by atoms with Gasteiger partial charge in [-0.15, -0.1) is 0 Å². The number of aromatic carboxylic acids is 1. The SMILES string of the molecule is CCCC1CCC2CC(c3cc(F)c4c(F)c(C(=O)O)ccc4c3)CCC2C1. The number of hydrogen-bond donors (Lipinski definition) is 1. The molecular formula is C24H28F2O2. The lowest BCUT2D eigenvalue weighted by molar-refractivity contribution is 0.0692. The van der Waals surface area contributed by atoms with Gasteiger partial charge in [-0.1, -0.05) is 38.3 Å². The van der Waals surface area contributed by atoms with Crippen molar-refractivity contribution in [3.63, 3.8) is 0 Å². The molecule has 0 bridgehead atoms. The Labute approximate surface area is 164 Å². The summed E-state index contributed by atoms with van der Waals surface area (Å²) in [6.45, 7) is 2.26. The summed E-state index contributed by atoms with van der Waals surface area (Å²) in [4.78, 5) is 11.1. The van der Waals surface area contributed by atoms with Gasteiger partial charge in [0, 0.05) is 0 Å². The van der Waals surface area contributed by atoms with Crippen molar-refractivity contribution >= 4 is 16.7 Å². The molecule has 2 aromatic carbocycles. The Morgan fingerprint density at radius 2 is 1.82 bits per heavy atom. The van der Waals surface area contributed by atoms with E-state index in [1.165, 1.54) is 56.7 Å². The van der Waals surface area contributed by atoms with Crippen LogP contribution in [0.2, 0.25) is 0 Å². The molecule has 0 saturated heterocycles. The quantitative estimate of drug-likeness (QED) is 0.619. The summed E-state index contributed by atoms with van der Waals surface area (Å²) in [5.41, 5.74) is 0.449. The van der Waals surface area contributed by atoms with Crippen LogP contribution in [-0.2, 0) is 0 Å². The zero-order valence-corrected chi connectivity index (χ0v) is 16.4. The predicted molar refractivity (Wildman–Crippen MR) is 107 cm³/mol. The van der Waals surface area contributed by atoms with Gasteiger partial charge in [0.05, 0.1) is 10.9 Å². The molecule has 0 aliphatic heterocycles. The molecule has 2 aliphatic carbocycles. The van der Waals surface area contributed by atoms with Crippen molar-refractivity contribution in [2.45, 2.75) is 64.2 Å². The van der Waals surface area contributed by atoms with Crippen LogP contribution >= 0.6 is 0 Å². The standard InChI is InChI=1S/C24H28F2O2/c1-2-3-14-4-5-16-11-17(7-6-15(16)10-14)19-12-18-8-9-20(24(27)28)23(26)22(18)21(25)13-19/h8-9,12-17H,2-7,10-11H2,1H3,(H,27,28). The maximum atomic E-state index is 14.7. The number of carboxylic acids is 1. The van der Waals surface area contributed by atoms with Crippen LogP contribution in [0.15, 0.2) is 24.3 Å². The summed E-state index contributed by atoms with van der Waals surface area (Å²) in [6, 6.07) is 6.05. The predicted octanol–water partition coefficient (Wildman–Crippen LogP) is 6.92. The lowest BCUT2D eigenvalue weighted by Crippen LogP contribution is -2.30. The highest BCUT2D eigenvalue weighted by atomic mass is 19.1. The van der Waals surface area contributed by atoms with Crippen LogP contribution in [0.25, 0.3) is 10.8 Å². The van der Waals surface area contributed by atoms with E-state index in [-0.39, 0.29) is 5.39 Å². The molecule has 4 heteroatoms. The van der Waals surface area contributed by atoms with E-state index in [0.29, 0.717) is 11.3 Å². The molecule has 0 spiro atoms. The molecule has 1 N–H and O–H groups in total. The molecule has 0 amide bonds. The summed E-state index contributed by atoms with van der Waals surface area (Å²) in [6.07, 6.45) is 9.88. The maximum Gasteiger partial charge on any atom is 0.338 e. The third-order valence-corrected chi connectivity index (χ3v) is 7.15. The maximum absolute atomic E-state index is 14.7. The fraction of sp³-hybridized carbons (Fsp3) is 0.542. The van der Waals surface area contributed by atoms with Crippen molar-refractivity contribution < 1.29 is 18.7 Å². The van der Waals surface area contributed by atoms with Gasteiger partial charge in [-0.3, -0.25) is 0 Å². The summed E-state index contributed by atoms with van der Waals surface area (Å²) < 4.78 is 29.2. The topological polar surface area (TPSA) is 37.3 Å². The van der Waals surface area contributed by atoms with Crippen LogP contribution in [0.5, 0.6) is 0 Å². The van der Waals surface area contributed by atoms with E-state index in [2.05, 4.69) is 6.92 Å². The van der Waals surface area contributed by atoms with E-state index in [0.717, 1.165) is 36.2 Å². The molecular weight excluding hydrogens is 358 g/mol. The van der Waals surface area contributed by atoms with Crippen molar-refractivity contribution in [1.82, 2.24) is 0 Å². The summed E-state index contributed by atoms with van der Waals surface area (Å²) >= 11 is 0. The van der Waals surface area contributed by atoms with Gasteiger partial charge >= 0.3 is 5.97 Å². The molecule has 2 saturated carbocycles. The first-order valence-electron chi connectivity index (χ1n) is 10.6. The Balaban J connectivity index is 1.57. The normalized spacial score (nSPS) is 27.5. The molecule has 4 unspecified atom stereocenters. The van der Waals surface area contributed by atoms with Gasteiger partial charge in [-0.05, 0) is 78.9 Å². The van der Waals surface area contributed by atoms with E-state index in [1.54, 1.807) is 0 Å². The van der Waals surface area contributed by atoms with Crippen molar-refractivity contribution in [2.75, 3.05) is 0 Å². The molecule has 0 aromatic heterocycles. The largest absolute Gasteiger partial charge is 0.478 e. The van der Waals surface area contributed by atoms with Gasteiger partial charge in [0.2, 0.25) is 0 Å². The van der Waals surface area contributed by atoms with Crippen LogP contribution in [0, 0.1) is 29.4 Å². The van der Waals surface area contributed by atoms with Gasteiger partial charge in [0.25, 0.3) is 0 Å². The lowest BCUT2D eigenvalue weighted by atomic mass is 9.63. The Morgan fingerprint density at radius 1 is 1.07 bits per heavy atom. The number of carboxylic acid groups (broad SMARTS) is 1. The Kier molecular flexibility index (Phi) is 5.39. The Bertz CT molecular complexity index is 892. The van der Waals surface area contributed by atoms with E-state index < -0.39 is 23.2 Å². The van der Waals surface area contributed by atoms with Gasteiger partial charge < -0.3 is 5.11 Å². The summed E-state index contributed by atoms with van der Waals surface area (Å²) in [5.74, 6) is -0.287. The molecule has 4 atom stereocenters. The number of fused-ring (bicyclic) bond motifs is 2. The average Bonchev–Trinajstić information content (AvgIpc) is 2.67. The van der Waals surface area contributed by atoms with Crippen LogP contribution in [-0.4, -0.2) is 11.1 Å². The molecule has 150 valence electrons. The lowest BCUT2D eigenvalue weighted by Gasteiger charge is -2.42. The highest BCUT2D eigenvalue weighted by Gasteiger charge is 2.36. The smallest absolute Gasteiger partial charge is 0.338 e. The second-order valence-corrected chi connectivity index (χ2v) is 8.83. The van der Waals surface area contributed by atoms with Crippen LogP contribution in [0.1, 0.15) is 80.1 Å². The molecule has 2 nitrogen and oxygen atoms in total. The third-order valence-electron chi connectivity index (χ3n) is 7.15. The van der Waals surface area contributed by atoms with Gasteiger partial charge in [0.15, 0.2) is 0 Å². The first-order valence-corrected chi connectivity index (χ1v) is 10.6. The number of halogens is 2. The molecule has 0 heterocycles. The monoisotopic (exact) mass is 386 g/mol. The highest BCUT2D eigenvalue weighted by Crippen LogP contribution is 2.48. The van der Waals surface area contributed by atoms with Crippen molar-refractivity contribution in [3.8, 4) is 0 Å². The fourth-order valence-corrected chi connectivity index (χ4v) is 5.75. The van der Waals surface area contributed by atoms with Crippen molar-refractivity contribution in [2.24, 2.45) is 17.8 Å². The minimum Gasteiger partial charge on any atom is -0.478 e. The molecule has 0 radical (unpaired) electrons. The third kappa shape index (κ3) is 3.54. The second kappa shape index (κ2) is 7.81. The number of rotatable bonds is 4. The van der Waals surface area contributed by atoms with E-state index in [4.69, 9.17) is 5.11 Å². The summed E-state index contributed by atoms with van der Waals surface area (Å²) in [5, 5.41) is 9.31. The van der Waals surface area contributed by atoms with Crippen LogP contribution < -0.4 is 0 Å². The van der Waals surface area contributed by atoms with Crippen molar-refractivity contribution in [1.29, 1.82) is 0 Å². The van der Waals surface area contributed by atoms with E-state index in [1.807, 2.05) is 6.07 Å². The number of hydrogen-bond acceptors (Lipinski definition) is 1. The van der Waals surface area contributed by atoms with Gasteiger partial charge in [-0.25, -0.2) is 13.6 Å². The number of benzene rings is 2. The first kappa shape index (κ1) is 19.4. The van der Waals surface area contributed by atoms with Crippen LogP contribution in [0.4, 0.5) is 8.78 Å². The van der Waals surface area contributed by atoms with Gasteiger partial charge in [-0.2, -0.15) is 0 Å². The van der Waals surface area contributed by atoms with Crippen molar-refractivity contribution in [3.05, 3.63) is 47.0 Å². The minimum absolute atomic E-state index is 0.211. The fourth-order valence-electron chi connectivity index (χ4n) is 5.75. The van der Waals surface area contributed by atoms with E-state index in [9.17, 15) is 13.6 Å². The molecule has 2 aliphatic rings. The Hall–Kier alpha value is -1.97. The Morgan fingerprint density at radius 3 is 2.57 bits per heavy atom. The minimum atomic E-state index is -1.38.